The first kappa shape index (κ1) is 22.7. The number of rotatable bonds is 2. The molecule has 2 aromatic heterocycles. The van der Waals surface area contributed by atoms with Crippen LogP contribution in [-0.2, 0) is 0 Å². The number of fused-ring (bicyclic) bond motifs is 6. The number of hydrogen-bond acceptors (Lipinski definition) is 0. The molecule has 0 bridgehead atoms. The van der Waals surface area contributed by atoms with Crippen LogP contribution < -0.4 is 0 Å². The Morgan fingerprint density at radius 3 is 1.16 bits per heavy atom. The summed E-state index contributed by atoms with van der Waals surface area (Å²) < 4.78 is 4.78. The van der Waals surface area contributed by atoms with Gasteiger partial charge in [-0.05, 0) is 42.5 Å². The van der Waals surface area contributed by atoms with E-state index < -0.39 is 8.07 Å². The lowest BCUT2D eigenvalue weighted by Gasteiger charge is -2.14. The first-order valence-corrected chi connectivity index (χ1v) is 16.6. The molecule has 0 fully saturated rings. The Bertz CT molecular complexity index is 1830. The molecular weight excluding hydrogens is 476 g/mol. The highest BCUT2D eigenvalue weighted by atomic mass is 28.3. The minimum atomic E-state index is -1.56. The van der Waals surface area contributed by atoms with Crippen molar-refractivity contribution in [2.45, 2.75) is 19.6 Å². The quantitative estimate of drug-likeness (QED) is 0.164. The predicted molar refractivity (Wildman–Crippen MR) is 165 cm³/mol. The largest absolute Gasteiger partial charge is 0.309 e. The van der Waals surface area contributed by atoms with Crippen molar-refractivity contribution in [1.29, 1.82) is 0 Å². The molecule has 5 aromatic carbocycles. The maximum atomic E-state index is 3.60. The Balaban J connectivity index is 1.59. The summed E-state index contributed by atoms with van der Waals surface area (Å²) in [6.07, 6.45) is 0. The maximum Gasteiger partial charge on any atom is 0.129 e. The van der Waals surface area contributed by atoms with E-state index in [2.05, 4.69) is 156 Å². The van der Waals surface area contributed by atoms with Gasteiger partial charge < -0.3 is 9.13 Å². The van der Waals surface area contributed by atoms with Crippen LogP contribution in [0.3, 0.4) is 0 Å². The molecule has 0 spiro atoms. The lowest BCUT2D eigenvalue weighted by molar-refractivity contribution is 1.13. The standard InChI is InChI=1S/C35H28N2Si/c1-38(2,3)21-20-25-22-26(36-32-16-8-4-12-28(32)29-13-5-9-17-33(29)36)24-27(23-25)37-34-18-10-6-14-30(34)31-15-7-11-19-35(31)37/h4-19,22-24H,1-3H3. The minimum Gasteiger partial charge on any atom is -0.309 e. The van der Waals surface area contributed by atoms with Crippen molar-refractivity contribution < 1.29 is 0 Å². The Morgan fingerprint density at radius 2 is 0.816 bits per heavy atom. The lowest BCUT2D eigenvalue weighted by Crippen LogP contribution is -2.16. The Morgan fingerprint density at radius 1 is 0.474 bits per heavy atom. The van der Waals surface area contributed by atoms with Crippen LogP contribution in [0.4, 0.5) is 0 Å². The van der Waals surface area contributed by atoms with E-state index in [0.29, 0.717) is 0 Å². The van der Waals surface area contributed by atoms with Crippen LogP contribution in [0.25, 0.3) is 55.0 Å². The third-order valence-corrected chi connectivity index (χ3v) is 8.04. The molecule has 0 radical (unpaired) electrons. The number of aromatic nitrogens is 2. The van der Waals surface area contributed by atoms with E-state index >= 15 is 0 Å². The van der Waals surface area contributed by atoms with E-state index in [1.54, 1.807) is 0 Å². The highest BCUT2D eigenvalue weighted by Gasteiger charge is 2.16. The zero-order valence-electron chi connectivity index (χ0n) is 21.9. The van der Waals surface area contributed by atoms with E-state index in [4.69, 9.17) is 0 Å². The average molecular weight is 505 g/mol. The summed E-state index contributed by atoms with van der Waals surface area (Å²) in [7, 11) is -1.56. The smallest absolute Gasteiger partial charge is 0.129 e. The molecule has 0 saturated carbocycles. The number of benzene rings is 5. The first-order valence-electron chi connectivity index (χ1n) is 13.1. The molecule has 0 atom stereocenters. The molecular formula is C35H28N2Si. The second-order valence-corrected chi connectivity index (χ2v) is 15.7. The summed E-state index contributed by atoms with van der Waals surface area (Å²) in [6.45, 7) is 6.89. The van der Waals surface area contributed by atoms with Gasteiger partial charge in [0.05, 0.1) is 22.1 Å². The topological polar surface area (TPSA) is 9.86 Å². The van der Waals surface area contributed by atoms with Gasteiger partial charge in [0.15, 0.2) is 0 Å². The molecule has 0 amide bonds. The molecule has 2 nitrogen and oxygen atoms in total. The van der Waals surface area contributed by atoms with E-state index in [0.717, 1.165) is 16.9 Å². The molecule has 182 valence electrons. The number of para-hydroxylation sites is 4. The molecule has 7 aromatic rings. The second-order valence-electron chi connectivity index (χ2n) is 11.0. The molecule has 3 heteroatoms. The normalized spacial score (nSPS) is 11.9. The van der Waals surface area contributed by atoms with Crippen molar-refractivity contribution >= 4 is 51.7 Å². The lowest BCUT2D eigenvalue weighted by atomic mass is 10.1. The van der Waals surface area contributed by atoms with Gasteiger partial charge in [-0.3, -0.25) is 0 Å². The van der Waals surface area contributed by atoms with Crippen molar-refractivity contribution in [2.24, 2.45) is 0 Å². The summed E-state index contributed by atoms with van der Waals surface area (Å²) >= 11 is 0. The van der Waals surface area contributed by atoms with Crippen molar-refractivity contribution in [2.75, 3.05) is 0 Å². The Kier molecular flexibility index (Phi) is 5.08. The van der Waals surface area contributed by atoms with E-state index in [1.807, 2.05) is 0 Å². The molecule has 2 heterocycles. The molecule has 0 aliphatic rings. The third kappa shape index (κ3) is 3.65. The minimum absolute atomic E-state index is 1.05. The van der Waals surface area contributed by atoms with Crippen LogP contribution in [0.2, 0.25) is 19.6 Å². The van der Waals surface area contributed by atoms with Gasteiger partial charge in [0.25, 0.3) is 0 Å². The van der Waals surface area contributed by atoms with Gasteiger partial charge in [-0.1, -0.05) is 98.4 Å². The molecule has 0 N–H and O–H groups in total. The third-order valence-electron chi connectivity index (χ3n) is 7.16. The molecule has 0 aliphatic carbocycles. The Hall–Kier alpha value is -4.52. The van der Waals surface area contributed by atoms with Gasteiger partial charge in [-0.2, -0.15) is 0 Å². The average Bonchev–Trinajstić information content (AvgIpc) is 3.45. The van der Waals surface area contributed by atoms with Gasteiger partial charge in [-0.15, -0.1) is 5.54 Å². The van der Waals surface area contributed by atoms with Gasteiger partial charge in [0.2, 0.25) is 0 Å². The van der Waals surface area contributed by atoms with Crippen molar-refractivity contribution in [3.05, 3.63) is 121 Å². The number of hydrogen-bond donors (Lipinski definition) is 0. The Labute approximate surface area is 223 Å². The van der Waals surface area contributed by atoms with Crippen LogP contribution >= 0.6 is 0 Å². The summed E-state index contributed by atoms with van der Waals surface area (Å²) in [4.78, 5) is 0. The van der Waals surface area contributed by atoms with Gasteiger partial charge in [-0.25, -0.2) is 0 Å². The second kappa shape index (κ2) is 8.51. The SMILES string of the molecule is C[Si](C)(C)C#Cc1cc(-n2c3ccccc3c3ccccc32)cc(-n2c3ccccc3c3ccccc32)c1. The predicted octanol–water partition coefficient (Wildman–Crippen LogP) is 9.11. The summed E-state index contributed by atoms with van der Waals surface area (Å²) in [6, 6.07) is 41.6. The van der Waals surface area contributed by atoms with Gasteiger partial charge in [0.1, 0.15) is 8.07 Å². The fourth-order valence-corrected chi connectivity index (χ4v) is 6.11. The molecule has 0 aliphatic heterocycles. The molecule has 7 rings (SSSR count). The maximum absolute atomic E-state index is 3.60. The van der Waals surface area contributed by atoms with E-state index in [9.17, 15) is 0 Å². The molecule has 0 unspecified atom stereocenters. The summed E-state index contributed by atoms with van der Waals surface area (Å²) in [5.74, 6) is 3.57. The van der Waals surface area contributed by atoms with Crippen LogP contribution in [0.5, 0.6) is 0 Å². The van der Waals surface area contributed by atoms with Crippen LogP contribution in [-0.4, -0.2) is 17.2 Å². The highest BCUT2D eigenvalue weighted by molar-refractivity contribution is 6.83. The van der Waals surface area contributed by atoms with E-state index in [1.165, 1.54) is 43.6 Å². The zero-order chi connectivity index (χ0) is 25.9. The fourth-order valence-electron chi connectivity index (χ4n) is 5.59. The first-order chi connectivity index (χ1) is 18.5. The van der Waals surface area contributed by atoms with Crippen molar-refractivity contribution in [1.82, 2.24) is 9.13 Å². The van der Waals surface area contributed by atoms with Crippen LogP contribution in [0.15, 0.2) is 115 Å². The van der Waals surface area contributed by atoms with Gasteiger partial charge in [0, 0.05) is 38.5 Å². The number of nitrogens with zero attached hydrogens (tertiary/aromatic N) is 2. The monoisotopic (exact) mass is 504 g/mol. The van der Waals surface area contributed by atoms with E-state index in [-0.39, 0.29) is 0 Å². The molecule has 0 saturated heterocycles. The van der Waals surface area contributed by atoms with Crippen LogP contribution in [0, 0.1) is 11.5 Å². The summed E-state index contributed by atoms with van der Waals surface area (Å²) in [5, 5.41) is 5.06. The zero-order valence-corrected chi connectivity index (χ0v) is 22.9. The van der Waals surface area contributed by atoms with Crippen LogP contribution in [0.1, 0.15) is 5.56 Å². The van der Waals surface area contributed by atoms with Crippen molar-refractivity contribution in [3.8, 4) is 22.8 Å². The summed E-state index contributed by atoms with van der Waals surface area (Å²) in [5.41, 5.74) is 11.7. The van der Waals surface area contributed by atoms with Gasteiger partial charge >= 0.3 is 0 Å². The fraction of sp³-hybridized carbons (Fsp3) is 0.0857. The highest BCUT2D eigenvalue weighted by Crippen LogP contribution is 2.35. The molecule has 38 heavy (non-hydrogen) atoms. The van der Waals surface area contributed by atoms with Crippen molar-refractivity contribution in [3.63, 3.8) is 0 Å².